The lowest BCUT2D eigenvalue weighted by atomic mass is 10.1. The molecule has 0 unspecified atom stereocenters. The van der Waals surface area contributed by atoms with Gasteiger partial charge in [0.05, 0.1) is 30.1 Å². The molecule has 0 aliphatic heterocycles. The first-order valence-corrected chi connectivity index (χ1v) is 4.63. The van der Waals surface area contributed by atoms with Gasteiger partial charge in [-0.15, -0.1) is 13.2 Å². The summed E-state index contributed by atoms with van der Waals surface area (Å²) in [5, 5.41) is 19.2. The molecule has 19 heavy (non-hydrogen) atoms. The second-order valence-electron chi connectivity index (χ2n) is 3.10. The number of rotatable bonds is 4. The predicted octanol–water partition coefficient (Wildman–Crippen LogP) is 1.96. The summed E-state index contributed by atoms with van der Waals surface area (Å²) in [6, 6.07) is 1.56. The van der Waals surface area contributed by atoms with Gasteiger partial charge >= 0.3 is 12.0 Å². The van der Waals surface area contributed by atoms with Gasteiger partial charge in [0.2, 0.25) is 11.6 Å². The van der Waals surface area contributed by atoms with Crippen LogP contribution in [0.5, 0.6) is 11.6 Å². The third-order valence-corrected chi connectivity index (χ3v) is 1.94. The molecule has 0 saturated carbocycles. The summed E-state index contributed by atoms with van der Waals surface area (Å²) in [4.78, 5) is 13.0. The summed E-state index contributed by atoms with van der Waals surface area (Å²) in [5.74, 6) is -1.43. The highest BCUT2D eigenvalue weighted by Crippen LogP contribution is 2.37. The summed E-state index contributed by atoms with van der Waals surface area (Å²) < 4.78 is 44.7. The summed E-state index contributed by atoms with van der Waals surface area (Å²) >= 11 is 0. The Hall–Kier alpha value is -2.57. The zero-order valence-corrected chi connectivity index (χ0v) is 9.39. The van der Waals surface area contributed by atoms with E-state index in [0.717, 1.165) is 7.11 Å². The van der Waals surface area contributed by atoms with E-state index in [1.165, 1.54) is 0 Å². The molecule has 0 aliphatic rings. The van der Waals surface area contributed by atoms with Gasteiger partial charge in [-0.25, -0.2) is 4.98 Å². The van der Waals surface area contributed by atoms with Gasteiger partial charge in [-0.3, -0.25) is 10.1 Å². The third kappa shape index (κ3) is 3.44. The van der Waals surface area contributed by atoms with Gasteiger partial charge in [-0.2, -0.15) is 5.26 Å². The highest BCUT2D eigenvalue weighted by Gasteiger charge is 2.35. The summed E-state index contributed by atoms with van der Waals surface area (Å²) in [5.41, 5.74) is -1.08. The van der Waals surface area contributed by atoms with Crippen molar-refractivity contribution in [1.82, 2.24) is 4.98 Å². The van der Waals surface area contributed by atoms with Crippen LogP contribution in [0.15, 0.2) is 6.20 Å². The van der Waals surface area contributed by atoms with Crippen molar-refractivity contribution in [2.75, 3.05) is 7.11 Å². The van der Waals surface area contributed by atoms with Gasteiger partial charge in [0.25, 0.3) is 0 Å². The number of nitriles is 1. The SMILES string of the molecule is COc1c([N+](=O)[O-])cnc(OC(F)(F)F)c1CC#N. The lowest BCUT2D eigenvalue weighted by molar-refractivity contribution is -0.386. The van der Waals surface area contributed by atoms with Crippen LogP contribution in [-0.4, -0.2) is 23.4 Å². The molecule has 7 nitrogen and oxygen atoms in total. The molecule has 1 aromatic heterocycles. The molecule has 10 heteroatoms. The van der Waals surface area contributed by atoms with Crippen LogP contribution in [0.3, 0.4) is 0 Å². The molecule has 0 radical (unpaired) electrons. The molecule has 0 aliphatic carbocycles. The fraction of sp³-hybridized carbons (Fsp3) is 0.333. The maximum absolute atomic E-state index is 12.1. The predicted molar refractivity (Wildman–Crippen MR) is 53.4 cm³/mol. The number of nitro groups is 1. The topological polar surface area (TPSA) is 98.3 Å². The maximum atomic E-state index is 12.1. The molecule has 0 fully saturated rings. The van der Waals surface area contributed by atoms with Gasteiger partial charge in [0, 0.05) is 0 Å². The lowest BCUT2D eigenvalue weighted by Crippen LogP contribution is -2.19. The van der Waals surface area contributed by atoms with Crippen molar-refractivity contribution in [3.8, 4) is 17.7 Å². The second-order valence-corrected chi connectivity index (χ2v) is 3.10. The van der Waals surface area contributed by atoms with Crippen LogP contribution in [0.4, 0.5) is 18.9 Å². The second kappa shape index (κ2) is 5.38. The summed E-state index contributed by atoms with van der Waals surface area (Å²) in [7, 11) is 1.03. The number of halogens is 3. The standard InChI is InChI=1S/C9H6F3N3O4/c1-18-7-5(2-3-13)8(19-9(10,11)12)14-4-6(7)15(16)17/h4H,2H2,1H3. The molecule has 0 atom stereocenters. The van der Waals surface area contributed by atoms with Crippen LogP contribution >= 0.6 is 0 Å². The average molecular weight is 277 g/mol. The minimum Gasteiger partial charge on any atom is -0.490 e. The molecule has 0 saturated heterocycles. The van der Waals surface area contributed by atoms with E-state index >= 15 is 0 Å². The van der Waals surface area contributed by atoms with Crippen molar-refractivity contribution in [2.24, 2.45) is 0 Å². The fourth-order valence-corrected chi connectivity index (χ4v) is 1.30. The van der Waals surface area contributed by atoms with Crippen molar-refractivity contribution >= 4 is 5.69 Å². The Bertz CT molecular complexity index is 539. The Morgan fingerprint density at radius 2 is 2.21 bits per heavy atom. The van der Waals surface area contributed by atoms with E-state index in [1.807, 2.05) is 0 Å². The number of hydrogen-bond donors (Lipinski definition) is 0. The van der Waals surface area contributed by atoms with Crippen molar-refractivity contribution in [3.63, 3.8) is 0 Å². The van der Waals surface area contributed by atoms with Crippen molar-refractivity contribution in [1.29, 1.82) is 5.26 Å². The highest BCUT2D eigenvalue weighted by molar-refractivity contribution is 5.55. The minimum absolute atomic E-state index is 0.434. The molecular weight excluding hydrogens is 271 g/mol. The molecule has 1 aromatic rings. The van der Waals surface area contributed by atoms with E-state index in [9.17, 15) is 23.3 Å². The molecule has 0 spiro atoms. The molecule has 0 aromatic carbocycles. The number of hydrogen-bond acceptors (Lipinski definition) is 6. The summed E-state index contributed by atoms with van der Waals surface area (Å²) in [6.45, 7) is 0. The van der Waals surface area contributed by atoms with Crippen LogP contribution in [0.25, 0.3) is 0 Å². The normalized spacial score (nSPS) is 10.7. The first-order valence-electron chi connectivity index (χ1n) is 4.63. The highest BCUT2D eigenvalue weighted by atomic mass is 19.4. The van der Waals surface area contributed by atoms with Crippen LogP contribution in [0.2, 0.25) is 0 Å². The van der Waals surface area contributed by atoms with E-state index in [2.05, 4.69) is 14.5 Å². The smallest absolute Gasteiger partial charge is 0.490 e. The van der Waals surface area contributed by atoms with E-state index in [-0.39, 0.29) is 0 Å². The number of pyridine rings is 1. The maximum Gasteiger partial charge on any atom is 0.574 e. The third-order valence-electron chi connectivity index (χ3n) is 1.94. The van der Waals surface area contributed by atoms with Crippen molar-refractivity contribution < 1.29 is 27.6 Å². The Morgan fingerprint density at radius 1 is 1.58 bits per heavy atom. The monoisotopic (exact) mass is 277 g/mol. The molecule has 0 amide bonds. The summed E-state index contributed by atoms with van der Waals surface area (Å²) in [6.07, 6.45) is -5.04. The number of nitrogens with zero attached hydrogens (tertiary/aromatic N) is 3. The Labute approximate surface area is 104 Å². The molecule has 1 heterocycles. The van der Waals surface area contributed by atoms with Gasteiger partial charge in [0.15, 0.2) is 0 Å². The zero-order chi connectivity index (χ0) is 14.6. The molecular formula is C9H6F3N3O4. The number of alkyl halides is 3. The minimum atomic E-state index is -5.03. The number of methoxy groups -OCH3 is 1. The fourth-order valence-electron chi connectivity index (χ4n) is 1.30. The van der Waals surface area contributed by atoms with E-state index < -0.39 is 40.6 Å². The first-order chi connectivity index (χ1) is 8.80. The van der Waals surface area contributed by atoms with Gasteiger partial charge in [-0.05, 0) is 0 Å². The van der Waals surface area contributed by atoms with Gasteiger partial charge in [-0.1, -0.05) is 0 Å². The molecule has 0 N–H and O–H groups in total. The first kappa shape index (κ1) is 14.5. The van der Waals surface area contributed by atoms with Crippen molar-refractivity contribution in [2.45, 2.75) is 12.8 Å². The Balaban J connectivity index is 3.41. The van der Waals surface area contributed by atoms with Crippen LogP contribution < -0.4 is 9.47 Å². The zero-order valence-electron chi connectivity index (χ0n) is 9.39. The Kier molecular flexibility index (Phi) is 4.11. The molecule has 102 valence electrons. The molecule has 0 bridgehead atoms. The van der Waals surface area contributed by atoms with Gasteiger partial charge in [0.1, 0.15) is 6.20 Å². The Morgan fingerprint density at radius 3 is 2.63 bits per heavy atom. The van der Waals surface area contributed by atoms with E-state index in [1.54, 1.807) is 6.07 Å². The number of aromatic nitrogens is 1. The van der Waals surface area contributed by atoms with Crippen LogP contribution in [0, 0.1) is 21.4 Å². The quantitative estimate of drug-likeness (QED) is 0.616. The van der Waals surface area contributed by atoms with E-state index in [0.29, 0.717) is 6.20 Å². The average Bonchev–Trinajstić information content (AvgIpc) is 2.28. The molecule has 1 rings (SSSR count). The van der Waals surface area contributed by atoms with Crippen molar-refractivity contribution in [3.05, 3.63) is 21.9 Å². The van der Waals surface area contributed by atoms with Gasteiger partial charge < -0.3 is 9.47 Å². The van der Waals surface area contributed by atoms with Crippen LogP contribution in [-0.2, 0) is 6.42 Å². The lowest BCUT2D eigenvalue weighted by Gasteiger charge is -2.13. The van der Waals surface area contributed by atoms with Crippen LogP contribution in [0.1, 0.15) is 5.56 Å². The van der Waals surface area contributed by atoms with E-state index in [4.69, 9.17) is 5.26 Å². The largest absolute Gasteiger partial charge is 0.574 e. The number of ether oxygens (including phenoxy) is 2.